The normalized spacial score (nSPS) is 13.3. The van der Waals surface area contributed by atoms with E-state index in [9.17, 15) is 8.42 Å². The van der Waals surface area contributed by atoms with Crippen LogP contribution < -0.4 is 10.5 Å². The number of nitrogens with one attached hydrogen (secondary N) is 2. The molecule has 0 radical (unpaired) electrons. The molecule has 1 unspecified atom stereocenters. The van der Waals surface area contributed by atoms with Crippen molar-refractivity contribution in [3.8, 4) is 0 Å². The van der Waals surface area contributed by atoms with Crippen LogP contribution in [-0.4, -0.2) is 20.3 Å². The Bertz CT molecular complexity index is 456. The number of nitrogens with two attached hydrogens (primary N) is 1. The quantitative estimate of drug-likeness (QED) is 0.522. The Morgan fingerprint density at radius 2 is 2.00 bits per heavy atom. The maximum Gasteiger partial charge on any atom is 0.241 e. The lowest BCUT2D eigenvalue weighted by molar-refractivity contribution is 0.571. The molecule has 0 aliphatic rings. The lowest BCUT2D eigenvalue weighted by Gasteiger charge is -2.15. The zero-order valence-electron chi connectivity index (χ0n) is 8.97. The summed E-state index contributed by atoms with van der Waals surface area (Å²) in [5, 5.41) is 7.24. The van der Waals surface area contributed by atoms with Crippen molar-refractivity contribution < 1.29 is 8.42 Å². The summed E-state index contributed by atoms with van der Waals surface area (Å²) in [6.07, 6.45) is 0.446. The van der Waals surface area contributed by atoms with Gasteiger partial charge in [-0.05, 0) is 18.6 Å². The number of rotatable bonds is 5. The van der Waals surface area contributed by atoms with Crippen LogP contribution in [0.25, 0.3) is 0 Å². The summed E-state index contributed by atoms with van der Waals surface area (Å²) in [6, 6.07) is 7.36. The molecule has 1 atom stereocenters. The minimum absolute atomic E-state index is 0.176. The highest BCUT2D eigenvalue weighted by Gasteiger charge is 2.20. The standard InChI is InChI=1S/C10H15N3O2S/c1-2-9(10(11)12)13-16(14,15)8-6-4-3-5-7-8/h3-7,9,13H,2H2,1H3,(H3,11,12). The molecule has 1 aromatic carbocycles. The minimum Gasteiger partial charge on any atom is -0.386 e. The van der Waals surface area contributed by atoms with Crippen LogP contribution in [0.5, 0.6) is 0 Å². The predicted octanol–water partition coefficient (Wildman–Crippen LogP) is 0.679. The van der Waals surface area contributed by atoms with E-state index in [1.54, 1.807) is 25.1 Å². The van der Waals surface area contributed by atoms with Crippen molar-refractivity contribution >= 4 is 15.9 Å². The Morgan fingerprint density at radius 1 is 1.44 bits per heavy atom. The molecule has 88 valence electrons. The molecule has 0 spiro atoms. The summed E-state index contributed by atoms with van der Waals surface area (Å²) in [5.74, 6) is -0.179. The number of amidine groups is 1. The summed E-state index contributed by atoms with van der Waals surface area (Å²) in [6.45, 7) is 1.76. The first-order valence-corrected chi connectivity index (χ1v) is 6.37. The van der Waals surface area contributed by atoms with Crippen LogP contribution in [0.3, 0.4) is 0 Å². The SMILES string of the molecule is CCC(NS(=O)(=O)c1ccccc1)C(=N)N. The summed E-state index contributed by atoms with van der Waals surface area (Å²) in [4.78, 5) is 0.176. The van der Waals surface area contributed by atoms with Gasteiger partial charge in [-0.15, -0.1) is 0 Å². The van der Waals surface area contributed by atoms with Crippen molar-refractivity contribution in [1.82, 2.24) is 4.72 Å². The molecule has 0 aliphatic carbocycles. The Morgan fingerprint density at radius 3 is 2.44 bits per heavy atom. The first-order chi connectivity index (χ1) is 7.47. The van der Waals surface area contributed by atoms with Crippen molar-refractivity contribution in [3.63, 3.8) is 0 Å². The van der Waals surface area contributed by atoms with Crippen molar-refractivity contribution in [1.29, 1.82) is 5.41 Å². The molecule has 16 heavy (non-hydrogen) atoms. The van der Waals surface area contributed by atoms with E-state index < -0.39 is 16.1 Å². The van der Waals surface area contributed by atoms with Gasteiger partial charge in [0.25, 0.3) is 0 Å². The number of hydrogen-bond acceptors (Lipinski definition) is 3. The fraction of sp³-hybridized carbons (Fsp3) is 0.300. The topological polar surface area (TPSA) is 96.0 Å². The van der Waals surface area contributed by atoms with E-state index >= 15 is 0 Å². The molecule has 6 heteroatoms. The van der Waals surface area contributed by atoms with Gasteiger partial charge < -0.3 is 5.73 Å². The Labute approximate surface area is 95.2 Å². The molecule has 0 aliphatic heterocycles. The maximum atomic E-state index is 11.8. The molecule has 0 saturated carbocycles. The summed E-state index contributed by atoms with van der Waals surface area (Å²) in [5.41, 5.74) is 5.29. The van der Waals surface area contributed by atoms with Gasteiger partial charge in [-0.1, -0.05) is 25.1 Å². The van der Waals surface area contributed by atoms with E-state index in [4.69, 9.17) is 11.1 Å². The fourth-order valence-corrected chi connectivity index (χ4v) is 2.54. The third-order valence-corrected chi connectivity index (χ3v) is 3.62. The van der Waals surface area contributed by atoms with Gasteiger partial charge >= 0.3 is 0 Å². The lowest BCUT2D eigenvalue weighted by atomic mass is 10.2. The van der Waals surface area contributed by atoms with Crippen LogP contribution in [0, 0.1) is 5.41 Å². The van der Waals surface area contributed by atoms with Crippen molar-refractivity contribution in [3.05, 3.63) is 30.3 Å². The van der Waals surface area contributed by atoms with Gasteiger partial charge in [0.1, 0.15) is 5.84 Å². The monoisotopic (exact) mass is 241 g/mol. The fourth-order valence-electron chi connectivity index (χ4n) is 1.22. The zero-order valence-corrected chi connectivity index (χ0v) is 9.79. The van der Waals surface area contributed by atoms with Crippen LogP contribution in [-0.2, 0) is 10.0 Å². The molecule has 4 N–H and O–H groups in total. The molecule has 1 aromatic rings. The predicted molar refractivity (Wildman–Crippen MR) is 62.8 cm³/mol. The van der Waals surface area contributed by atoms with Crippen molar-refractivity contribution in [2.45, 2.75) is 24.3 Å². The van der Waals surface area contributed by atoms with E-state index in [1.165, 1.54) is 12.1 Å². The van der Waals surface area contributed by atoms with Crippen LogP contribution in [0.4, 0.5) is 0 Å². The van der Waals surface area contributed by atoms with Crippen LogP contribution in [0.15, 0.2) is 35.2 Å². The molecule has 1 rings (SSSR count). The number of hydrogen-bond donors (Lipinski definition) is 3. The summed E-state index contributed by atoms with van der Waals surface area (Å²) >= 11 is 0. The maximum absolute atomic E-state index is 11.8. The molecule has 0 amide bonds. The highest BCUT2D eigenvalue weighted by atomic mass is 32.2. The van der Waals surface area contributed by atoms with E-state index in [-0.39, 0.29) is 10.7 Å². The first kappa shape index (κ1) is 12.7. The average Bonchev–Trinajstić information content (AvgIpc) is 2.27. The Balaban J connectivity index is 2.92. The molecular formula is C10H15N3O2S. The summed E-state index contributed by atoms with van der Waals surface area (Å²) < 4.78 is 26.1. The second-order valence-corrected chi connectivity index (χ2v) is 5.06. The van der Waals surface area contributed by atoms with Crippen LogP contribution >= 0.6 is 0 Å². The highest BCUT2D eigenvalue weighted by Crippen LogP contribution is 2.08. The lowest BCUT2D eigenvalue weighted by Crippen LogP contribution is -2.43. The largest absolute Gasteiger partial charge is 0.386 e. The molecule has 0 fully saturated rings. The molecular weight excluding hydrogens is 226 g/mol. The van der Waals surface area contributed by atoms with Gasteiger partial charge in [0, 0.05) is 0 Å². The van der Waals surface area contributed by atoms with Gasteiger partial charge in [0.15, 0.2) is 0 Å². The molecule has 0 saturated heterocycles. The van der Waals surface area contributed by atoms with Gasteiger partial charge in [0.05, 0.1) is 10.9 Å². The van der Waals surface area contributed by atoms with E-state index in [0.717, 1.165) is 0 Å². The second-order valence-electron chi connectivity index (χ2n) is 3.35. The van der Waals surface area contributed by atoms with Crippen LogP contribution in [0.1, 0.15) is 13.3 Å². The minimum atomic E-state index is -3.59. The first-order valence-electron chi connectivity index (χ1n) is 4.88. The van der Waals surface area contributed by atoms with Crippen LogP contribution in [0.2, 0.25) is 0 Å². The third-order valence-electron chi connectivity index (χ3n) is 2.13. The molecule has 0 bridgehead atoms. The third kappa shape index (κ3) is 3.04. The van der Waals surface area contributed by atoms with Gasteiger partial charge in [-0.2, -0.15) is 0 Å². The summed E-state index contributed by atoms with van der Waals surface area (Å²) in [7, 11) is -3.59. The molecule has 0 heterocycles. The zero-order chi connectivity index (χ0) is 12.2. The van der Waals surface area contributed by atoms with Gasteiger partial charge in [0.2, 0.25) is 10.0 Å². The Hall–Kier alpha value is -1.40. The number of benzene rings is 1. The van der Waals surface area contributed by atoms with Gasteiger partial charge in [-0.3, -0.25) is 5.41 Å². The van der Waals surface area contributed by atoms with E-state index in [2.05, 4.69) is 4.72 Å². The smallest absolute Gasteiger partial charge is 0.241 e. The Kier molecular flexibility index (Phi) is 4.03. The van der Waals surface area contributed by atoms with Crippen molar-refractivity contribution in [2.75, 3.05) is 0 Å². The van der Waals surface area contributed by atoms with Gasteiger partial charge in [-0.25, -0.2) is 13.1 Å². The second kappa shape index (κ2) is 5.09. The highest BCUT2D eigenvalue weighted by molar-refractivity contribution is 7.89. The molecule has 0 aromatic heterocycles. The molecule has 5 nitrogen and oxygen atoms in total. The number of sulfonamides is 1. The van der Waals surface area contributed by atoms with E-state index in [1.807, 2.05) is 0 Å². The average molecular weight is 241 g/mol. The van der Waals surface area contributed by atoms with E-state index in [0.29, 0.717) is 6.42 Å². The van der Waals surface area contributed by atoms with Crippen molar-refractivity contribution in [2.24, 2.45) is 5.73 Å².